The number of rotatable bonds is 7. The van der Waals surface area contributed by atoms with Gasteiger partial charge >= 0.3 is 5.97 Å². The lowest BCUT2D eigenvalue weighted by Crippen LogP contribution is -2.48. The summed E-state index contributed by atoms with van der Waals surface area (Å²) in [6, 6.07) is 17.0. The van der Waals surface area contributed by atoms with Crippen LogP contribution in [0.4, 0.5) is 17.1 Å². The van der Waals surface area contributed by atoms with Gasteiger partial charge in [-0.05, 0) is 54.6 Å². The second kappa shape index (κ2) is 10.7. The van der Waals surface area contributed by atoms with Crippen LogP contribution in [-0.4, -0.2) is 60.8 Å². The average Bonchev–Trinajstić information content (AvgIpc) is 2.93. The number of nitrogens with one attached hydrogen (secondary N) is 1. The number of hydrogen-bond acceptors (Lipinski definition) is 8. The molecule has 1 amide bonds. The number of hydrogen-bond donors (Lipinski definition) is 2. The summed E-state index contributed by atoms with van der Waals surface area (Å²) < 4.78 is 27.6. The molecule has 3 aromatic rings. The summed E-state index contributed by atoms with van der Waals surface area (Å²) in [4.78, 5) is 36.5. The number of carboxylic acids is 1. The van der Waals surface area contributed by atoms with Gasteiger partial charge in [-0.2, -0.15) is 9.57 Å². The second-order valence-corrected chi connectivity index (χ2v) is 10.3. The Morgan fingerprint density at radius 3 is 2.16 bits per heavy atom. The number of benzene rings is 3. The third kappa shape index (κ3) is 5.46. The molecule has 0 bridgehead atoms. The van der Waals surface area contributed by atoms with Crippen molar-refractivity contribution in [3.05, 3.63) is 93.5 Å². The smallest absolute Gasteiger partial charge is 0.337 e. The molecular formula is C25H21N5O7S. The van der Waals surface area contributed by atoms with E-state index in [1.807, 2.05) is 11.0 Å². The van der Waals surface area contributed by atoms with Crippen LogP contribution in [0.2, 0.25) is 0 Å². The summed E-state index contributed by atoms with van der Waals surface area (Å²) >= 11 is 0. The van der Waals surface area contributed by atoms with Crippen molar-refractivity contribution in [2.75, 3.05) is 36.4 Å². The molecular weight excluding hydrogens is 514 g/mol. The molecule has 1 fully saturated rings. The molecule has 12 nitrogen and oxygen atoms in total. The van der Waals surface area contributed by atoms with Crippen LogP contribution >= 0.6 is 0 Å². The van der Waals surface area contributed by atoms with E-state index < -0.39 is 26.8 Å². The Morgan fingerprint density at radius 1 is 0.974 bits per heavy atom. The minimum absolute atomic E-state index is 0.00225. The van der Waals surface area contributed by atoms with Crippen molar-refractivity contribution in [2.24, 2.45) is 0 Å². The number of nitro groups is 1. The van der Waals surface area contributed by atoms with Crippen molar-refractivity contribution >= 4 is 39.0 Å². The predicted molar refractivity (Wildman–Crippen MR) is 137 cm³/mol. The molecule has 4 rings (SSSR count). The quantitative estimate of drug-likeness (QED) is 0.340. The van der Waals surface area contributed by atoms with Gasteiger partial charge in [-0.25, -0.2) is 13.2 Å². The number of aromatic carboxylic acids is 1. The van der Waals surface area contributed by atoms with Gasteiger partial charge in [0.1, 0.15) is 0 Å². The fraction of sp³-hybridized carbons (Fsp3) is 0.160. The van der Waals surface area contributed by atoms with Crippen molar-refractivity contribution in [1.29, 1.82) is 5.26 Å². The number of carboxylic acid groups (broad SMARTS) is 1. The van der Waals surface area contributed by atoms with Gasteiger partial charge in [0.25, 0.3) is 11.6 Å². The number of nitrogens with zero attached hydrogens (tertiary/aromatic N) is 4. The number of sulfonamides is 1. The van der Waals surface area contributed by atoms with E-state index >= 15 is 0 Å². The second-order valence-electron chi connectivity index (χ2n) is 8.32. The van der Waals surface area contributed by atoms with Crippen molar-refractivity contribution in [1.82, 2.24) is 4.31 Å². The molecule has 3 aromatic carbocycles. The molecule has 0 spiro atoms. The molecule has 0 saturated carbocycles. The normalized spacial score (nSPS) is 13.9. The zero-order valence-corrected chi connectivity index (χ0v) is 20.6. The highest BCUT2D eigenvalue weighted by Crippen LogP contribution is 2.24. The summed E-state index contributed by atoms with van der Waals surface area (Å²) in [6.45, 7) is 1.21. The monoisotopic (exact) mass is 535 g/mol. The first kappa shape index (κ1) is 26.3. The highest BCUT2D eigenvalue weighted by molar-refractivity contribution is 7.89. The topological polar surface area (TPSA) is 174 Å². The van der Waals surface area contributed by atoms with Crippen LogP contribution in [0, 0.1) is 21.4 Å². The Balaban J connectivity index is 1.42. The maximum absolute atomic E-state index is 13.1. The molecule has 194 valence electrons. The number of carbonyl (C=O) groups excluding carboxylic acids is 1. The molecule has 0 aromatic heterocycles. The predicted octanol–water partition coefficient (Wildman–Crippen LogP) is 2.93. The van der Waals surface area contributed by atoms with Crippen molar-refractivity contribution in [2.45, 2.75) is 4.90 Å². The first-order valence-electron chi connectivity index (χ1n) is 11.3. The van der Waals surface area contributed by atoms with E-state index in [2.05, 4.69) is 5.32 Å². The minimum Gasteiger partial charge on any atom is -0.478 e. The molecule has 0 aliphatic carbocycles. The van der Waals surface area contributed by atoms with E-state index in [0.29, 0.717) is 13.1 Å². The maximum Gasteiger partial charge on any atom is 0.337 e. The Kier molecular flexibility index (Phi) is 7.38. The Bertz CT molecular complexity index is 1540. The molecule has 0 unspecified atom stereocenters. The van der Waals surface area contributed by atoms with Crippen LogP contribution in [0.5, 0.6) is 0 Å². The number of piperazine rings is 1. The summed E-state index contributed by atoms with van der Waals surface area (Å²) in [5, 5.41) is 31.7. The van der Waals surface area contributed by atoms with Gasteiger partial charge in [-0.15, -0.1) is 0 Å². The SMILES string of the molecule is N#Cc1ccc(NC(=O)c2ccc(S(=O)(=O)N3CCN(c4ccc([N+](=O)[O-])cc4)CC3)cc2)c(C(=O)O)c1. The first-order chi connectivity index (χ1) is 18.1. The molecule has 13 heteroatoms. The Labute approximate surface area is 217 Å². The third-order valence-electron chi connectivity index (χ3n) is 6.05. The van der Waals surface area contributed by atoms with Gasteiger partial charge in [0, 0.05) is 49.6 Å². The van der Waals surface area contributed by atoms with E-state index in [0.717, 1.165) is 11.8 Å². The van der Waals surface area contributed by atoms with Gasteiger partial charge in [0.05, 0.1) is 32.7 Å². The van der Waals surface area contributed by atoms with Gasteiger partial charge in [0.2, 0.25) is 10.0 Å². The highest BCUT2D eigenvalue weighted by Gasteiger charge is 2.29. The van der Waals surface area contributed by atoms with Crippen LogP contribution in [0.15, 0.2) is 71.6 Å². The number of amides is 1. The number of anilines is 2. The first-order valence-corrected chi connectivity index (χ1v) is 12.7. The molecule has 1 aliphatic rings. The van der Waals surface area contributed by atoms with Gasteiger partial charge in [-0.1, -0.05) is 0 Å². The van der Waals surface area contributed by atoms with Crippen LogP contribution in [0.3, 0.4) is 0 Å². The zero-order valence-electron chi connectivity index (χ0n) is 19.8. The lowest BCUT2D eigenvalue weighted by molar-refractivity contribution is -0.384. The summed E-state index contributed by atoms with van der Waals surface area (Å²) in [5.74, 6) is -1.95. The lowest BCUT2D eigenvalue weighted by Gasteiger charge is -2.35. The lowest BCUT2D eigenvalue weighted by atomic mass is 10.1. The van der Waals surface area contributed by atoms with Crippen molar-refractivity contribution in [3.63, 3.8) is 0 Å². The van der Waals surface area contributed by atoms with Gasteiger partial charge < -0.3 is 15.3 Å². The molecule has 1 aliphatic heterocycles. The van der Waals surface area contributed by atoms with Crippen LogP contribution in [-0.2, 0) is 10.0 Å². The third-order valence-corrected chi connectivity index (χ3v) is 7.96. The van der Waals surface area contributed by atoms with Gasteiger partial charge in [-0.3, -0.25) is 14.9 Å². The van der Waals surface area contributed by atoms with E-state index in [-0.39, 0.29) is 46.1 Å². The van der Waals surface area contributed by atoms with Crippen molar-refractivity contribution in [3.8, 4) is 6.07 Å². The van der Waals surface area contributed by atoms with Gasteiger partial charge in [0.15, 0.2) is 0 Å². The Hall–Kier alpha value is -4.80. The summed E-state index contributed by atoms with van der Waals surface area (Å²) in [6.07, 6.45) is 0. The molecule has 2 N–H and O–H groups in total. The zero-order chi connectivity index (χ0) is 27.4. The Morgan fingerprint density at radius 2 is 1.61 bits per heavy atom. The van der Waals surface area contributed by atoms with E-state index in [1.54, 1.807) is 12.1 Å². The van der Waals surface area contributed by atoms with Crippen LogP contribution in [0.1, 0.15) is 26.3 Å². The molecule has 0 atom stereocenters. The summed E-state index contributed by atoms with van der Waals surface area (Å²) in [7, 11) is -3.84. The largest absolute Gasteiger partial charge is 0.478 e. The standard InChI is InChI=1S/C25H21N5O7S/c26-16-17-1-10-23(22(15-17)25(32)33)27-24(31)18-2-8-21(9-3-18)38(36,37)29-13-11-28(12-14-29)19-4-6-20(7-5-19)30(34)35/h1-10,15H,11-14H2,(H,27,31)(H,32,33). The van der Waals surface area contributed by atoms with E-state index in [1.165, 1.54) is 52.8 Å². The van der Waals surface area contributed by atoms with Crippen LogP contribution < -0.4 is 10.2 Å². The maximum atomic E-state index is 13.1. The van der Waals surface area contributed by atoms with E-state index in [4.69, 9.17) is 5.26 Å². The molecule has 1 saturated heterocycles. The average molecular weight is 536 g/mol. The number of nitriles is 1. The minimum atomic E-state index is -3.84. The van der Waals surface area contributed by atoms with Crippen molar-refractivity contribution < 1.29 is 28.0 Å². The van der Waals surface area contributed by atoms with E-state index in [9.17, 15) is 33.2 Å². The number of non-ortho nitro benzene ring substituents is 1. The molecule has 38 heavy (non-hydrogen) atoms. The van der Waals surface area contributed by atoms with Crippen LogP contribution in [0.25, 0.3) is 0 Å². The highest BCUT2D eigenvalue weighted by atomic mass is 32.2. The number of carbonyl (C=O) groups is 2. The molecule has 0 radical (unpaired) electrons. The fourth-order valence-electron chi connectivity index (χ4n) is 3.99. The summed E-state index contributed by atoms with van der Waals surface area (Å²) in [5.41, 5.74) is 0.743. The molecule has 1 heterocycles. The fourth-order valence-corrected chi connectivity index (χ4v) is 5.42. The number of nitro benzene ring substituents is 1.